The molecule has 0 N–H and O–H groups in total. The van der Waals surface area contributed by atoms with Gasteiger partial charge in [0, 0.05) is 0 Å². The highest BCUT2D eigenvalue weighted by Gasteiger charge is 1.95. The Hall–Kier alpha value is -1.38. The summed E-state index contributed by atoms with van der Waals surface area (Å²) in [5, 5.41) is 3.97. The van der Waals surface area contributed by atoms with Gasteiger partial charge in [0.1, 0.15) is 6.20 Å². The van der Waals surface area contributed by atoms with E-state index in [2.05, 4.69) is 16.3 Å². The van der Waals surface area contributed by atoms with Crippen molar-refractivity contribution in [2.75, 3.05) is 0 Å². The SMILES string of the molecule is Cc1cnc2cc[c]nn12. The normalized spacial score (nSPS) is 10.5. The predicted octanol–water partition coefficient (Wildman–Crippen LogP) is 0.838. The monoisotopic (exact) mass is 132 g/mol. The van der Waals surface area contributed by atoms with Crippen LogP contribution in [0.3, 0.4) is 0 Å². The summed E-state index contributed by atoms with van der Waals surface area (Å²) in [7, 11) is 0. The summed E-state index contributed by atoms with van der Waals surface area (Å²) in [6, 6.07) is 3.63. The predicted molar refractivity (Wildman–Crippen MR) is 36.6 cm³/mol. The molecular formula is C7H6N3. The summed E-state index contributed by atoms with van der Waals surface area (Å²) in [5.74, 6) is 0. The number of hydrogen-bond acceptors (Lipinski definition) is 2. The number of nitrogens with zero attached hydrogens (tertiary/aromatic N) is 3. The third kappa shape index (κ3) is 0.603. The highest BCUT2D eigenvalue weighted by molar-refractivity contribution is 5.36. The van der Waals surface area contributed by atoms with Gasteiger partial charge in [-0.25, -0.2) is 9.50 Å². The molecule has 0 saturated heterocycles. The summed E-state index contributed by atoms with van der Waals surface area (Å²) < 4.78 is 1.75. The zero-order valence-electron chi connectivity index (χ0n) is 5.57. The van der Waals surface area contributed by atoms with Crippen molar-refractivity contribution in [3.05, 3.63) is 30.2 Å². The van der Waals surface area contributed by atoms with Crippen LogP contribution in [0, 0.1) is 13.1 Å². The van der Waals surface area contributed by atoms with Gasteiger partial charge in [-0.3, -0.25) is 0 Å². The molecule has 2 aromatic heterocycles. The van der Waals surface area contributed by atoms with Gasteiger partial charge in [0.05, 0.1) is 11.9 Å². The van der Waals surface area contributed by atoms with E-state index in [1.165, 1.54) is 0 Å². The molecule has 0 unspecified atom stereocenters. The molecule has 0 aromatic carbocycles. The fraction of sp³-hybridized carbons (Fsp3) is 0.143. The number of imidazole rings is 1. The van der Waals surface area contributed by atoms with Crippen LogP contribution < -0.4 is 0 Å². The van der Waals surface area contributed by atoms with Crippen LogP contribution in [0.2, 0.25) is 0 Å². The minimum absolute atomic E-state index is 0.872. The van der Waals surface area contributed by atoms with Gasteiger partial charge in [-0.05, 0) is 19.1 Å². The van der Waals surface area contributed by atoms with Crippen LogP contribution in [0.25, 0.3) is 5.65 Å². The highest BCUT2D eigenvalue weighted by atomic mass is 15.2. The number of hydrogen-bond donors (Lipinski definition) is 0. The van der Waals surface area contributed by atoms with E-state index in [4.69, 9.17) is 0 Å². The Morgan fingerprint density at radius 3 is 3.30 bits per heavy atom. The van der Waals surface area contributed by atoms with Crippen molar-refractivity contribution in [2.45, 2.75) is 6.92 Å². The second-order valence-corrected chi connectivity index (χ2v) is 2.13. The lowest BCUT2D eigenvalue weighted by molar-refractivity contribution is 0.894. The van der Waals surface area contributed by atoms with Gasteiger partial charge >= 0.3 is 0 Å². The maximum absolute atomic E-state index is 4.10. The van der Waals surface area contributed by atoms with Gasteiger partial charge in [-0.1, -0.05) is 0 Å². The highest BCUT2D eigenvalue weighted by Crippen LogP contribution is 1.99. The molecule has 3 heteroatoms. The van der Waals surface area contributed by atoms with Crippen molar-refractivity contribution in [1.29, 1.82) is 0 Å². The van der Waals surface area contributed by atoms with Crippen molar-refractivity contribution >= 4 is 5.65 Å². The molecule has 2 heterocycles. The molecule has 0 aliphatic rings. The maximum Gasteiger partial charge on any atom is 0.153 e. The van der Waals surface area contributed by atoms with Gasteiger partial charge in [-0.2, -0.15) is 5.10 Å². The van der Waals surface area contributed by atoms with E-state index in [0.717, 1.165) is 11.3 Å². The average Bonchev–Trinajstić information content (AvgIpc) is 2.34. The molecule has 0 atom stereocenters. The van der Waals surface area contributed by atoms with E-state index >= 15 is 0 Å². The molecule has 0 spiro atoms. The van der Waals surface area contributed by atoms with E-state index < -0.39 is 0 Å². The van der Waals surface area contributed by atoms with Crippen LogP contribution in [0.4, 0.5) is 0 Å². The molecule has 0 saturated carbocycles. The van der Waals surface area contributed by atoms with E-state index in [1.807, 2.05) is 13.0 Å². The van der Waals surface area contributed by atoms with Crippen molar-refractivity contribution < 1.29 is 0 Å². The van der Waals surface area contributed by atoms with Gasteiger partial charge in [0.2, 0.25) is 0 Å². The first kappa shape index (κ1) is 5.41. The summed E-state index contributed by atoms with van der Waals surface area (Å²) in [5.41, 5.74) is 1.91. The van der Waals surface area contributed by atoms with Crippen molar-refractivity contribution in [2.24, 2.45) is 0 Å². The van der Waals surface area contributed by atoms with Gasteiger partial charge in [0.25, 0.3) is 0 Å². The Kier molecular flexibility index (Phi) is 0.974. The first-order chi connectivity index (χ1) is 4.88. The number of aryl methyl sites for hydroxylation is 1. The van der Waals surface area contributed by atoms with Crippen LogP contribution >= 0.6 is 0 Å². The molecule has 2 aromatic rings. The fourth-order valence-electron chi connectivity index (χ4n) is 0.896. The lowest BCUT2D eigenvalue weighted by atomic mass is 10.5. The van der Waals surface area contributed by atoms with Crippen LogP contribution in [0.5, 0.6) is 0 Å². The van der Waals surface area contributed by atoms with E-state index in [9.17, 15) is 0 Å². The van der Waals surface area contributed by atoms with Gasteiger partial charge in [0.15, 0.2) is 5.65 Å². The Balaban J connectivity index is 2.93. The first-order valence-electron chi connectivity index (χ1n) is 3.05. The smallest absolute Gasteiger partial charge is 0.153 e. The number of fused-ring (bicyclic) bond motifs is 1. The summed E-state index contributed by atoms with van der Waals surface area (Å²) in [4.78, 5) is 4.10. The third-order valence-corrected chi connectivity index (χ3v) is 1.40. The Bertz CT molecular complexity index is 350. The van der Waals surface area contributed by atoms with Crippen LogP contribution in [0.1, 0.15) is 5.69 Å². The fourth-order valence-corrected chi connectivity index (χ4v) is 0.896. The first-order valence-corrected chi connectivity index (χ1v) is 3.05. The van der Waals surface area contributed by atoms with E-state index in [1.54, 1.807) is 16.8 Å². The molecule has 2 rings (SSSR count). The van der Waals surface area contributed by atoms with Crippen molar-refractivity contribution in [3.63, 3.8) is 0 Å². The van der Waals surface area contributed by atoms with Gasteiger partial charge in [-0.15, -0.1) is 0 Å². The third-order valence-electron chi connectivity index (χ3n) is 1.40. The summed E-state index contributed by atoms with van der Waals surface area (Å²) in [6.45, 7) is 1.96. The van der Waals surface area contributed by atoms with Crippen LogP contribution in [-0.2, 0) is 0 Å². The Labute approximate surface area is 58.3 Å². The Morgan fingerprint density at radius 1 is 1.60 bits per heavy atom. The van der Waals surface area contributed by atoms with Crippen LogP contribution in [0.15, 0.2) is 18.3 Å². The quantitative estimate of drug-likeness (QED) is 0.531. The molecule has 10 heavy (non-hydrogen) atoms. The summed E-state index contributed by atoms with van der Waals surface area (Å²) in [6.07, 6.45) is 4.52. The minimum atomic E-state index is 0.872. The van der Waals surface area contributed by atoms with E-state index in [0.29, 0.717) is 0 Å². The minimum Gasteiger partial charge on any atom is -0.235 e. The van der Waals surface area contributed by atoms with E-state index in [-0.39, 0.29) is 0 Å². The zero-order chi connectivity index (χ0) is 6.97. The molecule has 0 fully saturated rings. The van der Waals surface area contributed by atoms with Crippen molar-refractivity contribution in [3.8, 4) is 0 Å². The lowest BCUT2D eigenvalue weighted by Gasteiger charge is -1.89. The molecule has 0 aliphatic heterocycles. The van der Waals surface area contributed by atoms with Crippen molar-refractivity contribution in [1.82, 2.24) is 14.6 Å². The molecule has 49 valence electrons. The molecule has 0 amide bonds. The molecule has 1 radical (unpaired) electrons. The second kappa shape index (κ2) is 1.80. The topological polar surface area (TPSA) is 30.2 Å². The summed E-state index contributed by atoms with van der Waals surface area (Å²) >= 11 is 0. The average molecular weight is 132 g/mol. The molecule has 0 aliphatic carbocycles. The Morgan fingerprint density at radius 2 is 2.50 bits per heavy atom. The van der Waals surface area contributed by atoms with Crippen LogP contribution in [-0.4, -0.2) is 14.6 Å². The molecule has 0 bridgehead atoms. The van der Waals surface area contributed by atoms with Gasteiger partial charge < -0.3 is 0 Å². The molecule has 3 nitrogen and oxygen atoms in total. The number of aromatic nitrogens is 3. The lowest BCUT2D eigenvalue weighted by Crippen LogP contribution is -1.90. The molecular weight excluding hydrogens is 126 g/mol. The zero-order valence-corrected chi connectivity index (χ0v) is 5.57. The second-order valence-electron chi connectivity index (χ2n) is 2.13. The standard InChI is InChI=1S/C7H6N3/c1-6-5-8-7-3-2-4-9-10(6)7/h2-3,5H,1H3. The number of rotatable bonds is 0. The largest absolute Gasteiger partial charge is 0.235 e. The maximum atomic E-state index is 4.10.